The van der Waals surface area contributed by atoms with Crippen molar-refractivity contribution < 1.29 is 22.7 Å². The Hall–Kier alpha value is -3.70. The van der Waals surface area contributed by atoms with Crippen LogP contribution in [-0.2, 0) is 16.6 Å². The fraction of sp³-hybridized carbons (Fsp3) is 0.250. The van der Waals surface area contributed by atoms with Crippen molar-refractivity contribution in [2.24, 2.45) is 0 Å². The summed E-state index contributed by atoms with van der Waals surface area (Å²) in [5.41, 5.74) is 2.05. The Kier molecular flexibility index (Phi) is 7.17. The molecule has 1 saturated heterocycles. The van der Waals surface area contributed by atoms with Crippen LogP contribution < -0.4 is 10.0 Å². The molecule has 0 bridgehead atoms. The first-order valence-corrected chi connectivity index (χ1v) is 12.5. The van der Waals surface area contributed by atoms with Crippen molar-refractivity contribution in [2.45, 2.75) is 24.4 Å². The second-order valence-corrected chi connectivity index (χ2v) is 10.1. The van der Waals surface area contributed by atoms with Gasteiger partial charge in [-0.3, -0.25) is 9.62 Å². The second-order valence-electron chi connectivity index (χ2n) is 8.37. The third-order valence-corrected chi connectivity index (χ3v) is 7.10. The van der Waals surface area contributed by atoms with Gasteiger partial charge in [-0.2, -0.15) is 0 Å². The van der Waals surface area contributed by atoms with Crippen molar-refractivity contribution >= 4 is 33.3 Å². The first kappa shape index (κ1) is 24.4. The maximum atomic E-state index is 13.0. The number of benzene rings is 2. The summed E-state index contributed by atoms with van der Waals surface area (Å²) < 4.78 is 41.1. The molecule has 1 aliphatic heterocycles. The first-order chi connectivity index (χ1) is 16.7. The van der Waals surface area contributed by atoms with E-state index in [2.05, 4.69) is 19.9 Å². The molecule has 0 radical (unpaired) electrons. The monoisotopic (exact) mass is 499 g/mol. The number of amides is 1. The molecule has 0 aliphatic carbocycles. The van der Waals surface area contributed by atoms with E-state index in [1.807, 2.05) is 19.1 Å². The normalized spacial score (nSPS) is 16.6. The second kappa shape index (κ2) is 10.3. The molecule has 9 nitrogen and oxygen atoms in total. The number of anilines is 3. The Morgan fingerprint density at radius 1 is 1.06 bits per heavy atom. The van der Waals surface area contributed by atoms with Gasteiger partial charge in [-0.25, -0.2) is 22.6 Å². The van der Waals surface area contributed by atoms with Crippen LogP contribution in [0.5, 0.6) is 0 Å². The molecule has 1 fully saturated rings. The highest BCUT2D eigenvalue weighted by atomic mass is 32.2. The Morgan fingerprint density at radius 3 is 2.34 bits per heavy atom. The van der Waals surface area contributed by atoms with Crippen LogP contribution in [0.2, 0.25) is 0 Å². The van der Waals surface area contributed by atoms with Crippen LogP contribution in [-0.4, -0.2) is 60.1 Å². The van der Waals surface area contributed by atoms with Crippen molar-refractivity contribution in [1.29, 1.82) is 0 Å². The lowest BCUT2D eigenvalue weighted by Gasteiger charge is -2.38. The molecule has 4 rings (SSSR count). The summed E-state index contributed by atoms with van der Waals surface area (Å²) in [4.78, 5) is 19.0. The van der Waals surface area contributed by atoms with Crippen LogP contribution in [0.3, 0.4) is 0 Å². The molecule has 35 heavy (non-hydrogen) atoms. The third kappa shape index (κ3) is 6.25. The molecule has 0 spiro atoms. The number of pyridine rings is 1. The molecular weight excluding hydrogens is 473 g/mol. The van der Waals surface area contributed by atoms with Crippen LogP contribution in [0.1, 0.15) is 12.5 Å². The van der Waals surface area contributed by atoms with Gasteiger partial charge < -0.3 is 15.3 Å². The minimum absolute atomic E-state index is 0.0107. The lowest BCUT2D eigenvalue weighted by Crippen LogP contribution is -2.53. The lowest BCUT2D eigenvalue weighted by molar-refractivity contribution is 0.0711. The highest BCUT2D eigenvalue weighted by molar-refractivity contribution is 7.92. The van der Waals surface area contributed by atoms with Crippen molar-refractivity contribution in [3.63, 3.8) is 0 Å². The number of rotatable bonds is 7. The van der Waals surface area contributed by atoms with E-state index >= 15 is 0 Å². The Morgan fingerprint density at radius 2 is 1.74 bits per heavy atom. The van der Waals surface area contributed by atoms with E-state index in [0.29, 0.717) is 43.4 Å². The number of nitrogens with zero attached hydrogens (tertiary/aromatic N) is 3. The number of carbonyl (C=O) groups is 1. The van der Waals surface area contributed by atoms with Crippen LogP contribution >= 0.6 is 0 Å². The van der Waals surface area contributed by atoms with E-state index in [9.17, 15) is 22.7 Å². The molecule has 184 valence electrons. The molecular formula is C24H26FN5O4S. The molecule has 11 heteroatoms. The Balaban J connectivity index is 1.34. The summed E-state index contributed by atoms with van der Waals surface area (Å²) in [6, 6.07) is 15.7. The third-order valence-electron chi connectivity index (χ3n) is 5.73. The molecule has 1 aliphatic rings. The van der Waals surface area contributed by atoms with Gasteiger partial charge in [0.25, 0.3) is 10.0 Å². The smallest absolute Gasteiger partial charge is 0.407 e. The highest BCUT2D eigenvalue weighted by Crippen LogP contribution is 2.20. The zero-order valence-corrected chi connectivity index (χ0v) is 19.9. The number of sulfonamides is 1. The maximum Gasteiger partial charge on any atom is 0.407 e. The average Bonchev–Trinajstić information content (AvgIpc) is 2.82. The van der Waals surface area contributed by atoms with E-state index in [1.165, 1.54) is 35.4 Å². The van der Waals surface area contributed by atoms with Crippen molar-refractivity contribution in [3.05, 3.63) is 78.2 Å². The van der Waals surface area contributed by atoms with E-state index in [0.717, 1.165) is 5.56 Å². The lowest BCUT2D eigenvalue weighted by atomic mass is 10.1. The van der Waals surface area contributed by atoms with Gasteiger partial charge in [-0.15, -0.1) is 0 Å². The van der Waals surface area contributed by atoms with Crippen LogP contribution in [0.4, 0.5) is 26.4 Å². The van der Waals surface area contributed by atoms with Crippen molar-refractivity contribution in [3.8, 4) is 0 Å². The number of nitrogens with one attached hydrogen (secondary N) is 2. The average molecular weight is 500 g/mol. The summed E-state index contributed by atoms with van der Waals surface area (Å²) in [6.45, 7) is 4.28. The van der Waals surface area contributed by atoms with Gasteiger partial charge in [0.2, 0.25) is 0 Å². The van der Waals surface area contributed by atoms with Gasteiger partial charge in [0.05, 0.1) is 0 Å². The minimum atomic E-state index is -3.83. The van der Waals surface area contributed by atoms with Crippen LogP contribution in [0, 0.1) is 5.82 Å². The van der Waals surface area contributed by atoms with E-state index < -0.39 is 16.1 Å². The Labute approximate surface area is 203 Å². The number of halogens is 1. The quantitative estimate of drug-likeness (QED) is 0.451. The van der Waals surface area contributed by atoms with Gasteiger partial charge in [0.1, 0.15) is 16.5 Å². The van der Waals surface area contributed by atoms with E-state index in [4.69, 9.17) is 0 Å². The van der Waals surface area contributed by atoms with E-state index in [1.54, 1.807) is 24.3 Å². The zero-order valence-electron chi connectivity index (χ0n) is 19.1. The van der Waals surface area contributed by atoms with Gasteiger partial charge in [0.15, 0.2) is 0 Å². The number of aromatic nitrogens is 1. The highest BCUT2D eigenvalue weighted by Gasteiger charge is 2.26. The molecule has 1 aromatic heterocycles. The van der Waals surface area contributed by atoms with Crippen molar-refractivity contribution in [2.75, 3.05) is 29.7 Å². The predicted molar refractivity (Wildman–Crippen MR) is 131 cm³/mol. The van der Waals surface area contributed by atoms with Crippen LogP contribution in [0.25, 0.3) is 0 Å². The molecule has 2 heterocycles. The molecule has 2 aromatic carbocycles. The maximum absolute atomic E-state index is 13.0. The number of carboxylic acid groups (broad SMARTS) is 1. The summed E-state index contributed by atoms with van der Waals surface area (Å²) in [6.07, 6.45) is 0.350. The zero-order chi connectivity index (χ0) is 25.0. The van der Waals surface area contributed by atoms with E-state index in [-0.39, 0.29) is 16.8 Å². The largest absolute Gasteiger partial charge is 0.465 e. The topological polar surface area (TPSA) is 115 Å². The predicted octanol–water partition coefficient (Wildman–Crippen LogP) is 3.95. The fourth-order valence-electron chi connectivity index (χ4n) is 3.91. The molecule has 1 atom stereocenters. The van der Waals surface area contributed by atoms with Gasteiger partial charge in [-0.05, 0) is 61.0 Å². The molecule has 1 amide bonds. The number of hydrogen-bond donors (Lipinski definition) is 3. The van der Waals surface area contributed by atoms with Gasteiger partial charge in [-0.1, -0.05) is 12.1 Å². The molecule has 3 aromatic rings. The SMILES string of the molecule is C[C@H]1CN(Cc2ccc(NS(=O)(=O)c3ccc(Nc4ccc(F)cc4)nc3)cc2)CCN1C(=O)O. The molecule has 0 saturated carbocycles. The van der Waals surface area contributed by atoms with Crippen molar-refractivity contribution in [1.82, 2.24) is 14.8 Å². The summed E-state index contributed by atoms with van der Waals surface area (Å²) in [7, 11) is -3.83. The first-order valence-electron chi connectivity index (χ1n) is 11.0. The summed E-state index contributed by atoms with van der Waals surface area (Å²) >= 11 is 0. The summed E-state index contributed by atoms with van der Waals surface area (Å²) in [5, 5.41) is 12.2. The van der Waals surface area contributed by atoms with Gasteiger partial charge in [0, 0.05) is 49.8 Å². The van der Waals surface area contributed by atoms with Gasteiger partial charge >= 0.3 is 6.09 Å². The fourth-order valence-corrected chi connectivity index (χ4v) is 4.91. The minimum Gasteiger partial charge on any atom is -0.465 e. The standard InChI is InChI=1S/C24H26FN5O4S/c1-17-15-29(12-13-30(17)24(31)32)16-18-2-6-21(7-3-18)28-35(33,34)22-10-11-23(26-14-22)27-20-8-4-19(25)5-9-20/h2-11,14,17,28H,12-13,15-16H2,1H3,(H,26,27)(H,31,32)/t17-/m0/s1. The van der Waals surface area contributed by atoms with Crippen LogP contribution in [0.15, 0.2) is 71.8 Å². The summed E-state index contributed by atoms with van der Waals surface area (Å²) in [5.74, 6) is 0.0793. The molecule has 3 N–H and O–H groups in total. The number of hydrogen-bond acceptors (Lipinski definition) is 6. The molecule has 0 unspecified atom stereocenters. The Bertz CT molecular complexity index is 1270. The number of piperazine rings is 1.